The monoisotopic (exact) mass is 478 g/mol. The fourth-order valence-corrected chi connectivity index (χ4v) is 4.11. The van der Waals surface area contributed by atoms with Crippen LogP contribution >= 0.6 is 0 Å². The van der Waals surface area contributed by atoms with E-state index in [-0.39, 0.29) is 5.91 Å². The average Bonchev–Trinajstić information content (AvgIpc) is 3.36. The van der Waals surface area contributed by atoms with Gasteiger partial charge in [-0.15, -0.1) is 0 Å². The third-order valence-corrected chi connectivity index (χ3v) is 5.88. The lowest BCUT2D eigenvalue weighted by atomic mass is 10.0. The Balaban J connectivity index is 1.56. The Labute approximate surface area is 209 Å². The molecule has 3 aromatic carbocycles. The van der Waals surface area contributed by atoms with Gasteiger partial charge in [0, 0.05) is 17.7 Å². The van der Waals surface area contributed by atoms with E-state index in [2.05, 4.69) is 15.5 Å². The summed E-state index contributed by atoms with van der Waals surface area (Å²) < 4.78 is 10.9. The predicted octanol–water partition coefficient (Wildman–Crippen LogP) is 5.63. The van der Waals surface area contributed by atoms with Gasteiger partial charge < -0.3 is 14.8 Å². The first-order valence-corrected chi connectivity index (χ1v) is 11.7. The number of amides is 1. The zero-order valence-corrected chi connectivity index (χ0v) is 20.1. The molecule has 0 saturated carbocycles. The molecule has 7 heteroatoms. The number of carbonyl (C=O) groups excluding carboxylic acids is 1. The number of hydrogen-bond acceptors (Lipinski definition) is 5. The molecule has 0 radical (unpaired) electrons. The van der Waals surface area contributed by atoms with Crippen molar-refractivity contribution in [1.82, 2.24) is 20.5 Å². The summed E-state index contributed by atoms with van der Waals surface area (Å²) in [6.07, 6.45) is 0. The Bertz CT molecular complexity index is 1490. The van der Waals surface area contributed by atoms with Crippen molar-refractivity contribution in [2.24, 2.45) is 0 Å². The van der Waals surface area contributed by atoms with Crippen molar-refractivity contribution in [3.05, 3.63) is 96.1 Å². The summed E-state index contributed by atoms with van der Waals surface area (Å²) in [5.74, 6) is 1.31. The second kappa shape index (κ2) is 10.3. The zero-order chi connectivity index (χ0) is 24.9. The second-order valence-electron chi connectivity index (χ2n) is 8.21. The fraction of sp³-hybridized carbons (Fsp3) is 0.138. The van der Waals surface area contributed by atoms with Crippen LogP contribution in [0.3, 0.4) is 0 Å². The predicted molar refractivity (Wildman–Crippen MR) is 140 cm³/mol. The van der Waals surface area contributed by atoms with Crippen molar-refractivity contribution < 1.29 is 14.3 Å². The summed E-state index contributed by atoms with van der Waals surface area (Å²) in [7, 11) is 1.62. The van der Waals surface area contributed by atoms with Gasteiger partial charge in [0.2, 0.25) is 0 Å². The number of nitrogens with zero attached hydrogens (tertiary/aromatic N) is 2. The molecule has 5 aromatic rings. The lowest BCUT2D eigenvalue weighted by Gasteiger charge is -2.11. The van der Waals surface area contributed by atoms with Crippen molar-refractivity contribution in [2.75, 3.05) is 13.7 Å². The number of hydrogen-bond donors (Lipinski definition) is 2. The molecule has 0 aliphatic rings. The first-order chi connectivity index (χ1) is 17.7. The smallest absolute Gasteiger partial charge is 0.252 e. The molecule has 0 unspecified atom stereocenters. The number of aromatic amines is 1. The first kappa shape index (κ1) is 23.1. The third-order valence-electron chi connectivity index (χ3n) is 5.88. The summed E-state index contributed by atoms with van der Waals surface area (Å²) in [6.45, 7) is 2.90. The van der Waals surface area contributed by atoms with E-state index in [9.17, 15) is 4.79 Å². The van der Waals surface area contributed by atoms with Crippen LogP contribution in [0.1, 0.15) is 22.8 Å². The van der Waals surface area contributed by atoms with Crippen molar-refractivity contribution in [1.29, 1.82) is 0 Å². The van der Waals surface area contributed by atoms with Crippen LogP contribution in [-0.2, 0) is 6.54 Å². The fourth-order valence-electron chi connectivity index (χ4n) is 4.11. The van der Waals surface area contributed by atoms with E-state index < -0.39 is 0 Å². The summed E-state index contributed by atoms with van der Waals surface area (Å²) in [5, 5.41) is 11.3. The SMILES string of the molecule is CCOc1ccc(-c2cc(C(=O)NCc3cccc(OC)c3)c3c(-c4ccccc4)[nH]nc3n2)cc1. The molecule has 2 aromatic heterocycles. The Kier molecular flexibility index (Phi) is 6.62. The lowest BCUT2D eigenvalue weighted by Crippen LogP contribution is -2.23. The van der Waals surface area contributed by atoms with Gasteiger partial charge >= 0.3 is 0 Å². The Morgan fingerprint density at radius 1 is 0.917 bits per heavy atom. The minimum absolute atomic E-state index is 0.212. The highest BCUT2D eigenvalue weighted by Crippen LogP contribution is 2.32. The quantitative estimate of drug-likeness (QED) is 0.302. The van der Waals surface area contributed by atoms with Crippen molar-refractivity contribution in [2.45, 2.75) is 13.5 Å². The van der Waals surface area contributed by atoms with Gasteiger partial charge in [-0.2, -0.15) is 5.10 Å². The number of methoxy groups -OCH3 is 1. The Morgan fingerprint density at radius 2 is 1.72 bits per heavy atom. The number of ether oxygens (including phenoxy) is 2. The van der Waals surface area contributed by atoms with Gasteiger partial charge in [0.05, 0.1) is 36.1 Å². The standard InChI is InChI=1S/C29H26N4O3/c1-3-36-22-14-12-20(13-15-22)25-17-24(29(34)30-18-19-8-7-11-23(16-19)35-2)26-27(32-33-28(26)31-25)21-9-5-4-6-10-21/h4-17H,3,18H2,1-2H3,(H,30,34)(H,31,32,33). The van der Waals surface area contributed by atoms with Crippen LogP contribution in [0.25, 0.3) is 33.5 Å². The molecule has 0 atom stereocenters. The van der Waals surface area contributed by atoms with Gasteiger partial charge in [-0.25, -0.2) is 4.98 Å². The molecule has 2 heterocycles. The maximum atomic E-state index is 13.6. The van der Waals surface area contributed by atoms with Crippen LogP contribution in [0.15, 0.2) is 84.9 Å². The minimum atomic E-state index is -0.212. The molecule has 0 saturated heterocycles. The largest absolute Gasteiger partial charge is 0.497 e. The molecule has 0 fully saturated rings. The molecule has 36 heavy (non-hydrogen) atoms. The molecule has 0 aliphatic heterocycles. The van der Waals surface area contributed by atoms with Gasteiger partial charge in [-0.05, 0) is 55.0 Å². The topological polar surface area (TPSA) is 89.1 Å². The number of aromatic nitrogens is 3. The Morgan fingerprint density at radius 3 is 2.47 bits per heavy atom. The zero-order valence-electron chi connectivity index (χ0n) is 20.1. The van der Waals surface area contributed by atoms with E-state index in [0.717, 1.165) is 33.9 Å². The summed E-state index contributed by atoms with van der Waals surface area (Å²) in [4.78, 5) is 18.3. The molecule has 1 amide bonds. The van der Waals surface area contributed by atoms with Crippen molar-refractivity contribution >= 4 is 16.9 Å². The first-order valence-electron chi connectivity index (χ1n) is 11.7. The summed E-state index contributed by atoms with van der Waals surface area (Å²) >= 11 is 0. The van der Waals surface area contributed by atoms with E-state index in [4.69, 9.17) is 14.5 Å². The maximum Gasteiger partial charge on any atom is 0.252 e. The molecule has 180 valence electrons. The number of benzene rings is 3. The molecular weight excluding hydrogens is 452 g/mol. The highest BCUT2D eigenvalue weighted by Gasteiger charge is 2.20. The summed E-state index contributed by atoms with van der Waals surface area (Å²) in [5.41, 5.74) is 5.12. The van der Waals surface area contributed by atoms with Crippen LogP contribution in [0.2, 0.25) is 0 Å². The highest BCUT2D eigenvalue weighted by atomic mass is 16.5. The maximum absolute atomic E-state index is 13.6. The normalized spacial score (nSPS) is 10.8. The number of nitrogens with one attached hydrogen (secondary N) is 2. The number of carbonyl (C=O) groups is 1. The molecular formula is C29H26N4O3. The van der Waals surface area contributed by atoms with Crippen LogP contribution in [0.5, 0.6) is 11.5 Å². The highest BCUT2D eigenvalue weighted by molar-refractivity contribution is 6.10. The van der Waals surface area contributed by atoms with Gasteiger partial charge in [0.25, 0.3) is 5.91 Å². The van der Waals surface area contributed by atoms with E-state index in [1.807, 2.05) is 91.9 Å². The average molecular weight is 479 g/mol. The van der Waals surface area contributed by atoms with E-state index in [1.165, 1.54) is 0 Å². The molecule has 5 rings (SSSR count). The Hall–Kier alpha value is -4.65. The number of fused-ring (bicyclic) bond motifs is 1. The molecule has 7 nitrogen and oxygen atoms in total. The van der Waals surface area contributed by atoms with Crippen molar-refractivity contribution in [3.8, 4) is 34.0 Å². The molecule has 0 aliphatic carbocycles. The van der Waals surface area contributed by atoms with E-state index in [1.54, 1.807) is 7.11 Å². The third kappa shape index (κ3) is 4.77. The van der Waals surface area contributed by atoms with Crippen LogP contribution < -0.4 is 14.8 Å². The second-order valence-corrected chi connectivity index (χ2v) is 8.21. The number of pyridine rings is 1. The van der Waals surface area contributed by atoms with Crippen molar-refractivity contribution in [3.63, 3.8) is 0 Å². The molecule has 0 spiro atoms. The van der Waals surface area contributed by atoms with Gasteiger partial charge in [0.15, 0.2) is 5.65 Å². The molecule has 2 N–H and O–H groups in total. The minimum Gasteiger partial charge on any atom is -0.497 e. The molecule has 0 bridgehead atoms. The van der Waals surface area contributed by atoms with Crippen LogP contribution in [-0.4, -0.2) is 34.8 Å². The lowest BCUT2D eigenvalue weighted by molar-refractivity contribution is 0.0952. The van der Waals surface area contributed by atoms with Gasteiger partial charge in [-0.1, -0.05) is 42.5 Å². The van der Waals surface area contributed by atoms with Crippen LogP contribution in [0.4, 0.5) is 0 Å². The summed E-state index contributed by atoms with van der Waals surface area (Å²) in [6, 6.07) is 26.9. The van der Waals surface area contributed by atoms with Crippen LogP contribution in [0, 0.1) is 0 Å². The van der Waals surface area contributed by atoms with E-state index in [0.29, 0.717) is 35.4 Å². The van der Waals surface area contributed by atoms with E-state index >= 15 is 0 Å². The number of H-pyrrole nitrogens is 1. The van der Waals surface area contributed by atoms with Gasteiger partial charge in [0.1, 0.15) is 11.5 Å². The van der Waals surface area contributed by atoms with Gasteiger partial charge in [-0.3, -0.25) is 9.89 Å². The number of rotatable bonds is 8.